The first-order valence-electron chi connectivity index (χ1n) is 5.44. The highest BCUT2D eigenvalue weighted by Crippen LogP contribution is 2.20. The van der Waals surface area contributed by atoms with Gasteiger partial charge in [-0.2, -0.15) is 13.2 Å². The molecule has 0 unspecified atom stereocenters. The van der Waals surface area contributed by atoms with Crippen LogP contribution in [0, 0.1) is 0 Å². The van der Waals surface area contributed by atoms with E-state index in [0.717, 1.165) is 0 Å². The van der Waals surface area contributed by atoms with Crippen molar-refractivity contribution in [1.82, 2.24) is 9.88 Å². The van der Waals surface area contributed by atoms with Crippen LogP contribution in [0.4, 0.5) is 13.2 Å². The van der Waals surface area contributed by atoms with Crippen molar-refractivity contribution in [3.8, 4) is 5.88 Å². The van der Waals surface area contributed by atoms with Gasteiger partial charge in [0.2, 0.25) is 5.88 Å². The highest BCUT2D eigenvalue weighted by Gasteiger charge is 2.33. The molecule has 0 atom stereocenters. The summed E-state index contributed by atoms with van der Waals surface area (Å²) in [7, 11) is 1.29. The van der Waals surface area contributed by atoms with Gasteiger partial charge in [-0.25, -0.2) is 4.98 Å². The fourth-order valence-corrected chi connectivity index (χ4v) is 1.51. The molecule has 0 spiro atoms. The molecule has 19 heavy (non-hydrogen) atoms. The molecule has 2 N–H and O–H groups in total. The summed E-state index contributed by atoms with van der Waals surface area (Å²) in [5.74, 6) is -0.829. The number of hydrogen-bond donors (Lipinski definition) is 1. The van der Waals surface area contributed by atoms with E-state index in [1.54, 1.807) is 0 Å². The number of rotatable bonds is 5. The number of alkyl halides is 3. The normalized spacial score (nSPS) is 11.2. The second-order valence-corrected chi connectivity index (χ2v) is 3.69. The zero-order valence-electron chi connectivity index (χ0n) is 10.3. The van der Waals surface area contributed by atoms with Crippen molar-refractivity contribution >= 4 is 5.91 Å². The minimum atomic E-state index is -4.49. The second kappa shape index (κ2) is 6.37. The standard InChI is InChI=1S/C11H14F3N3O2/c1-19-9-8(3-2-5-16-9)10(18)17(6-4-15)7-11(12,13)14/h2-3,5H,4,6-7,15H2,1H3. The van der Waals surface area contributed by atoms with Crippen molar-refractivity contribution in [2.45, 2.75) is 6.18 Å². The number of carbonyl (C=O) groups excluding carboxylic acids is 1. The largest absolute Gasteiger partial charge is 0.480 e. The van der Waals surface area contributed by atoms with Crippen LogP contribution in [0.3, 0.4) is 0 Å². The molecule has 1 aromatic rings. The number of nitrogens with zero attached hydrogens (tertiary/aromatic N) is 2. The smallest absolute Gasteiger partial charge is 0.406 e. The lowest BCUT2D eigenvalue weighted by Crippen LogP contribution is -2.41. The maximum atomic E-state index is 12.4. The Morgan fingerprint density at radius 2 is 2.21 bits per heavy atom. The van der Waals surface area contributed by atoms with E-state index in [2.05, 4.69) is 4.98 Å². The minimum absolute atomic E-state index is 0.0169. The van der Waals surface area contributed by atoms with Crippen LogP contribution in [0.5, 0.6) is 5.88 Å². The van der Waals surface area contributed by atoms with Crippen molar-refractivity contribution in [2.24, 2.45) is 5.73 Å². The van der Waals surface area contributed by atoms with Gasteiger partial charge in [0.1, 0.15) is 12.1 Å². The van der Waals surface area contributed by atoms with Gasteiger partial charge >= 0.3 is 6.18 Å². The van der Waals surface area contributed by atoms with E-state index in [-0.39, 0.29) is 24.5 Å². The van der Waals surface area contributed by atoms with E-state index < -0.39 is 18.6 Å². The number of hydrogen-bond acceptors (Lipinski definition) is 4. The van der Waals surface area contributed by atoms with Crippen LogP contribution in [0.2, 0.25) is 0 Å². The van der Waals surface area contributed by atoms with Gasteiger partial charge < -0.3 is 15.4 Å². The Kier molecular flexibility index (Phi) is 5.11. The third-order valence-corrected chi connectivity index (χ3v) is 2.25. The molecule has 1 aromatic heterocycles. The topological polar surface area (TPSA) is 68.5 Å². The third-order valence-electron chi connectivity index (χ3n) is 2.25. The van der Waals surface area contributed by atoms with Gasteiger partial charge in [-0.1, -0.05) is 0 Å². The average Bonchev–Trinajstić information content (AvgIpc) is 2.36. The van der Waals surface area contributed by atoms with Crippen LogP contribution >= 0.6 is 0 Å². The Labute approximate surface area is 108 Å². The first kappa shape index (κ1) is 15.2. The Bertz CT molecular complexity index is 437. The molecule has 1 amide bonds. The van der Waals surface area contributed by atoms with Crippen LogP contribution < -0.4 is 10.5 Å². The molecule has 0 aliphatic carbocycles. The fraction of sp³-hybridized carbons (Fsp3) is 0.455. The molecule has 5 nitrogen and oxygen atoms in total. The van der Waals surface area contributed by atoms with Gasteiger partial charge in [0.25, 0.3) is 5.91 Å². The van der Waals surface area contributed by atoms with E-state index in [1.807, 2.05) is 0 Å². The molecule has 0 fully saturated rings. The van der Waals surface area contributed by atoms with E-state index in [4.69, 9.17) is 10.5 Å². The molecular formula is C11H14F3N3O2. The van der Waals surface area contributed by atoms with Crippen LogP contribution in [-0.2, 0) is 0 Å². The van der Waals surface area contributed by atoms with Gasteiger partial charge in [-0.05, 0) is 12.1 Å². The van der Waals surface area contributed by atoms with Crippen molar-refractivity contribution in [3.05, 3.63) is 23.9 Å². The Morgan fingerprint density at radius 3 is 2.74 bits per heavy atom. The lowest BCUT2D eigenvalue weighted by molar-refractivity contribution is -0.140. The molecule has 0 saturated heterocycles. The molecule has 0 aromatic carbocycles. The van der Waals surface area contributed by atoms with Crippen LogP contribution in [0.1, 0.15) is 10.4 Å². The van der Waals surface area contributed by atoms with E-state index in [1.165, 1.54) is 25.4 Å². The molecule has 0 radical (unpaired) electrons. The molecule has 8 heteroatoms. The predicted octanol–water partition coefficient (Wildman–Crippen LogP) is 1.05. The number of halogens is 3. The van der Waals surface area contributed by atoms with Gasteiger partial charge in [0, 0.05) is 19.3 Å². The first-order valence-corrected chi connectivity index (χ1v) is 5.44. The van der Waals surface area contributed by atoms with E-state index >= 15 is 0 Å². The van der Waals surface area contributed by atoms with Crippen molar-refractivity contribution in [3.63, 3.8) is 0 Å². The zero-order chi connectivity index (χ0) is 14.5. The molecule has 1 heterocycles. The summed E-state index contributed by atoms with van der Waals surface area (Å²) in [6.45, 7) is -1.62. The third kappa shape index (κ3) is 4.40. The summed E-state index contributed by atoms with van der Waals surface area (Å²) < 4.78 is 42.1. The summed E-state index contributed by atoms with van der Waals surface area (Å²) in [5, 5.41) is 0. The van der Waals surface area contributed by atoms with Gasteiger partial charge in [0.05, 0.1) is 7.11 Å². The van der Waals surface area contributed by atoms with Crippen molar-refractivity contribution in [2.75, 3.05) is 26.7 Å². The number of methoxy groups -OCH3 is 1. The highest BCUT2D eigenvalue weighted by atomic mass is 19.4. The first-order chi connectivity index (χ1) is 8.89. The maximum Gasteiger partial charge on any atom is 0.406 e. The van der Waals surface area contributed by atoms with E-state index in [9.17, 15) is 18.0 Å². The van der Waals surface area contributed by atoms with Crippen LogP contribution in [0.15, 0.2) is 18.3 Å². The lowest BCUT2D eigenvalue weighted by atomic mass is 10.2. The maximum absolute atomic E-state index is 12.4. The second-order valence-electron chi connectivity index (χ2n) is 3.69. The minimum Gasteiger partial charge on any atom is -0.480 e. The summed E-state index contributed by atoms with van der Waals surface area (Å²) >= 11 is 0. The van der Waals surface area contributed by atoms with E-state index in [0.29, 0.717) is 4.90 Å². The summed E-state index contributed by atoms with van der Waals surface area (Å²) in [4.78, 5) is 16.4. The Balaban J connectivity index is 2.99. The Morgan fingerprint density at radius 1 is 1.53 bits per heavy atom. The van der Waals surface area contributed by atoms with Crippen LogP contribution in [0.25, 0.3) is 0 Å². The number of amides is 1. The van der Waals surface area contributed by atoms with Gasteiger partial charge in [-0.3, -0.25) is 4.79 Å². The number of nitrogens with two attached hydrogens (primary N) is 1. The molecular weight excluding hydrogens is 263 g/mol. The molecule has 0 bridgehead atoms. The summed E-state index contributed by atoms with van der Waals surface area (Å²) in [6, 6.07) is 2.80. The zero-order valence-corrected chi connectivity index (χ0v) is 10.3. The molecule has 1 rings (SSSR count). The number of pyridine rings is 1. The fourth-order valence-electron chi connectivity index (χ4n) is 1.51. The Hall–Kier alpha value is -1.83. The van der Waals surface area contributed by atoms with Crippen molar-refractivity contribution < 1.29 is 22.7 Å². The highest BCUT2D eigenvalue weighted by molar-refractivity contribution is 5.96. The van der Waals surface area contributed by atoms with Crippen LogP contribution in [-0.4, -0.2) is 48.7 Å². The summed E-state index contributed by atoms with van der Waals surface area (Å²) in [5.41, 5.74) is 5.20. The molecule has 0 aliphatic heterocycles. The quantitative estimate of drug-likeness (QED) is 0.873. The van der Waals surface area contributed by atoms with Crippen molar-refractivity contribution in [1.29, 1.82) is 0 Å². The average molecular weight is 277 g/mol. The number of carbonyl (C=O) groups is 1. The van der Waals surface area contributed by atoms with Gasteiger partial charge in [-0.15, -0.1) is 0 Å². The number of ether oxygens (including phenoxy) is 1. The lowest BCUT2D eigenvalue weighted by Gasteiger charge is -2.23. The number of aromatic nitrogens is 1. The summed E-state index contributed by atoms with van der Waals surface area (Å²) in [6.07, 6.45) is -3.10. The van der Waals surface area contributed by atoms with Gasteiger partial charge in [0.15, 0.2) is 0 Å². The molecule has 0 saturated carbocycles. The monoisotopic (exact) mass is 277 g/mol. The molecule has 106 valence electrons. The predicted molar refractivity (Wildman–Crippen MR) is 61.8 cm³/mol. The SMILES string of the molecule is COc1ncccc1C(=O)N(CCN)CC(F)(F)F. The molecule has 0 aliphatic rings.